The van der Waals surface area contributed by atoms with Crippen LogP contribution in [-0.4, -0.2) is 13.7 Å². The second kappa shape index (κ2) is 4.92. The molecule has 3 heteroatoms. The van der Waals surface area contributed by atoms with Gasteiger partial charge in [-0.1, -0.05) is 18.2 Å². The fourth-order valence-corrected chi connectivity index (χ4v) is 2.49. The molecule has 0 radical (unpaired) electrons. The van der Waals surface area contributed by atoms with Crippen molar-refractivity contribution in [3.8, 4) is 16.9 Å². The first kappa shape index (κ1) is 12.0. The lowest BCUT2D eigenvalue weighted by Crippen LogP contribution is -2.11. The molecule has 2 aromatic carbocycles. The maximum absolute atomic E-state index is 13.7. The predicted octanol–water partition coefficient (Wildman–Crippen LogP) is 3.86. The molecule has 0 saturated heterocycles. The Kier molecular flexibility index (Phi) is 3.11. The largest absolute Gasteiger partial charge is 0.494 e. The molecule has 1 heterocycles. The van der Waals surface area contributed by atoms with E-state index in [2.05, 4.69) is 17.4 Å². The Bertz CT molecular complexity index is 610. The number of rotatable bonds is 2. The van der Waals surface area contributed by atoms with Crippen LogP contribution in [-0.2, 0) is 6.42 Å². The lowest BCUT2D eigenvalue weighted by molar-refractivity contribution is 0.386. The smallest absolute Gasteiger partial charge is 0.165 e. The molecule has 0 spiro atoms. The molecule has 3 rings (SSSR count). The third-order valence-electron chi connectivity index (χ3n) is 3.53. The Hall–Kier alpha value is -2.03. The number of anilines is 1. The molecule has 98 valence electrons. The van der Waals surface area contributed by atoms with Gasteiger partial charge in [-0.3, -0.25) is 0 Å². The maximum atomic E-state index is 13.7. The van der Waals surface area contributed by atoms with Crippen molar-refractivity contribution in [1.29, 1.82) is 0 Å². The van der Waals surface area contributed by atoms with Crippen molar-refractivity contribution in [2.75, 3.05) is 19.0 Å². The van der Waals surface area contributed by atoms with Crippen molar-refractivity contribution in [2.45, 2.75) is 12.8 Å². The summed E-state index contributed by atoms with van der Waals surface area (Å²) in [6.07, 6.45) is 2.28. The van der Waals surface area contributed by atoms with Crippen LogP contribution in [0.3, 0.4) is 0 Å². The summed E-state index contributed by atoms with van der Waals surface area (Å²) >= 11 is 0. The molecule has 0 unspecified atom stereocenters. The maximum Gasteiger partial charge on any atom is 0.165 e. The number of hydrogen-bond acceptors (Lipinski definition) is 2. The van der Waals surface area contributed by atoms with Crippen molar-refractivity contribution in [3.05, 3.63) is 47.8 Å². The van der Waals surface area contributed by atoms with Crippen LogP contribution in [0.4, 0.5) is 10.1 Å². The minimum Gasteiger partial charge on any atom is -0.494 e. The first-order chi connectivity index (χ1) is 9.28. The Morgan fingerprint density at radius 2 is 1.89 bits per heavy atom. The van der Waals surface area contributed by atoms with E-state index in [1.807, 2.05) is 12.1 Å². The van der Waals surface area contributed by atoms with Gasteiger partial charge in [0.2, 0.25) is 0 Å². The van der Waals surface area contributed by atoms with E-state index in [0.29, 0.717) is 0 Å². The van der Waals surface area contributed by atoms with Crippen LogP contribution < -0.4 is 10.1 Å². The summed E-state index contributed by atoms with van der Waals surface area (Å²) in [6, 6.07) is 11.3. The highest BCUT2D eigenvalue weighted by molar-refractivity contribution is 5.71. The SMILES string of the molecule is COc1ccc(-c2ccc3c(c2)NCCC3)cc1F. The minimum atomic E-state index is -0.328. The summed E-state index contributed by atoms with van der Waals surface area (Å²) in [6.45, 7) is 1.01. The highest BCUT2D eigenvalue weighted by Crippen LogP contribution is 2.30. The molecule has 0 aliphatic carbocycles. The summed E-state index contributed by atoms with van der Waals surface area (Å²) in [5.74, 6) is -0.0504. The number of aryl methyl sites for hydroxylation is 1. The van der Waals surface area contributed by atoms with Gasteiger partial charge in [0.05, 0.1) is 7.11 Å². The molecule has 1 N–H and O–H groups in total. The molecule has 0 bridgehead atoms. The second-order valence-corrected chi connectivity index (χ2v) is 4.75. The summed E-state index contributed by atoms with van der Waals surface area (Å²) < 4.78 is 18.7. The van der Waals surface area contributed by atoms with E-state index in [9.17, 15) is 4.39 Å². The minimum absolute atomic E-state index is 0.278. The lowest BCUT2D eigenvalue weighted by Gasteiger charge is -2.18. The number of nitrogens with one attached hydrogen (secondary N) is 1. The van der Waals surface area contributed by atoms with Crippen LogP contribution >= 0.6 is 0 Å². The van der Waals surface area contributed by atoms with Gasteiger partial charge < -0.3 is 10.1 Å². The number of hydrogen-bond donors (Lipinski definition) is 1. The van der Waals surface area contributed by atoms with Gasteiger partial charge in [-0.2, -0.15) is 0 Å². The van der Waals surface area contributed by atoms with Gasteiger partial charge in [-0.25, -0.2) is 4.39 Å². The van der Waals surface area contributed by atoms with Crippen molar-refractivity contribution >= 4 is 5.69 Å². The molecule has 0 fully saturated rings. The van der Waals surface area contributed by atoms with E-state index >= 15 is 0 Å². The normalized spacial score (nSPS) is 13.6. The highest BCUT2D eigenvalue weighted by atomic mass is 19.1. The van der Waals surface area contributed by atoms with Gasteiger partial charge in [0.15, 0.2) is 11.6 Å². The van der Waals surface area contributed by atoms with E-state index in [1.165, 1.54) is 30.8 Å². The molecule has 1 aliphatic heterocycles. The van der Waals surface area contributed by atoms with Crippen molar-refractivity contribution in [2.24, 2.45) is 0 Å². The zero-order valence-corrected chi connectivity index (χ0v) is 10.9. The molecule has 0 saturated carbocycles. The molecule has 2 nitrogen and oxygen atoms in total. The van der Waals surface area contributed by atoms with E-state index in [4.69, 9.17) is 4.74 Å². The zero-order valence-electron chi connectivity index (χ0n) is 10.9. The average molecular weight is 257 g/mol. The van der Waals surface area contributed by atoms with E-state index in [1.54, 1.807) is 6.07 Å². The summed E-state index contributed by atoms with van der Waals surface area (Å²) in [5, 5.41) is 3.39. The first-order valence-electron chi connectivity index (χ1n) is 6.48. The van der Waals surface area contributed by atoms with E-state index in [0.717, 1.165) is 24.1 Å². The third kappa shape index (κ3) is 2.28. The average Bonchev–Trinajstić information content (AvgIpc) is 2.46. The fraction of sp³-hybridized carbons (Fsp3) is 0.250. The number of ether oxygens (including phenoxy) is 1. The van der Waals surface area contributed by atoms with Crippen LogP contribution in [0.2, 0.25) is 0 Å². The molecule has 2 aromatic rings. The number of fused-ring (bicyclic) bond motifs is 1. The molecule has 0 atom stereocenters. The molecular weight excluding hydrogens is 241 g/mol. The van der Waals surface area contributed by atoms with E-state index in [-0.39, 0.29) is 11.6 Å². The number of methoxy groups -OCH3 is 1. The van der Waals surface area contributed by atoms with Crippen LogP contribution in [0.5, 0.6) is 5.75 Å². The highest BCUT2D eigenvalue weighted by Gasteiger charge is 2.10. The van der Waals surface area contributed by atoms with Crippen LogP contribution in [0.1, 0.15) is 12.0 Å². The monoisotopic (exact) mass is 257 g/mol. The molecule has 0 amide bonds. The van der Waals surface area contributed by atoms with Crippen LogP contribution in [0.25, 0.3) is 11.1 Å². The number of benzene rings is 2. The van der Waals surface area contributed by atoms with Crippen molar-refractivity contribution in [1.82, 2.24) is 0 Å². The molecule has 0 aromatic heterocycles. The Morgan fingerprint density at radius 3 is 2.68 bits per heavy atom. The fourth-order valence-electron chi connectivity index (χ4n) is 2.49. The van der Waals surface area contributed by atoms with Gasteiger partial charge in [0.1, 0.15) is 0 Å². The quantitative estimate of drug-likeness (QED) is 0.882. The predicted molar refractivity (Wildman–Crippen MR) is 75.2 cm³/mol. The standard InChI is InChI=1S/C16H16FNO/c1-19-16-7-6-12(9-14(16)17)13-5-4-11-3-2-8-18-15(11)10-13/h4-7,9-10,18H,2-3,8H2,1H3. The van der Waals surface area contributed by atoms with Crippen LogP contribution in [0, 0.1) is 5.82 Å². The van der Waals surface area contributed by atoms with Gasteiger partial charge in [-0.05, 0) is 47.7 Å². The topological polar surface area (TPSA) is 21.3 Å². The van der Waals surface area contributed by atoms with Crippen LogP contribution in [0.15, 0.2) is 36.4 Å². The van der Waals surface area contributed by atoms with Gasteiger partial charge >= 0.3 is 0 Å². The molecular formula is C16H16FNO. The number of halogens is 1. The Labute approximate surface area is 112 Å². The zero-order chi connectivity index (χ0) is 13.2. The van der Waals surface area contributed by atoms with Gasteiger partial charge in [0.25, 0.3) is 0 Å². The van der Waals surface area contributed by atoms with Gasteiger partial charge in [-0.15, -0.1) is 0 Å². The molecule has 19 heavy (non-hydrogen) atoms. The Balaban J connectivity index is 2.00. The lowest BCUT2D eigenvalue weighted by atomic mass is 9.98. The summed E-state index contributed by atoms with van der Waals surface area (Å²) in [7, 11) is 1.47. The third-order valence-corrected chi connectivity index (χ3v) is 3.53. The Morgan fingerprint density at radius 1 is 1.11 bits per heavy atom. The first-order valence-corrected chi connectivity index (χ1v) is 6.48. The van der Waals surface area contributed by atoms with Crippen molar-refractivity contribution < 1.29 is 9.13 Å². The van der Waals surface area contributed by atoms with Gasteiger partial charge in [0, 0.05) is 12.2 Å². The summed E-state index contributed by atoms with van der Waals surface area (Å²) in [4.78, 5) is 0. The van der Waals surface area contributed by atoms with Crippen molar-refractivity contribution in [3.63, 3.8) is 0 Å². The second-order valence-electron chi connectivity index (χ2n) is 4.75. The molecule has 1 aliphatic rings. The summed E-state index contributed by atoms with van der Waals surface area (Å²) in [5.41, 5.74) is 4.40. The van der Waals surface area contributed by atoms with E-state index < -0.39 is 0 Å².